The van der Waals surface area contributed by atoms with E-state index in [1.807, 2.05) is 25.1 Å². The first-order valence-corrected chi connectivity index (χ1v) is 14.3. The Labute approximate surface area is 154 Å². The van der Waals surface area contributed by atoms with E-state index in [0.717, 1.165) is 26.5 Å². The molecular formula is C21H24O2Si2. The number of rotatable bonds is 7. The molecular weight excluding hydrogens is 340 g/mol. The average Bonchev–Trinajstić information content (AvgIpc) is 2.68. The Hall–Kier alpha value is -1.99. The predicted molar refractivity (Wildman–Crippen MR) is 109 cm³/mol. The molecule has 0 saturated carbocycles. The van der Waals surface area contributed by atoms with E-state index in [0.29, 0.717) is 6.61 Å². The predicted octanol–water partition coefficient (Wildman–Crippen LogP) is 3.11. The van der Waals surface area contributed by atoms with Crippen molar-refractivity contribution < 1.29 is 8.85 Å². The molecule has 0 aromatic heterocycles. The highest BCUT2D eigenvalue weighted by Crippen LogP contribution is 2.40. The molecule has 1 atom stereocenters. The fraction of sp³-hybridized carbons (Fsp3) is 0.143. The minimum Gasteiger partial charge on any atom is -0.400 e. The molecule has 3 aromatic rings. The highest BCUT2D eigenvalue weighted by Gasteiger charge is 2.39. The van der Waals surface area contributed by atoms with Gasteiger partial charge in [0.05, 0.1) is 9.76 Å². The minimum atomic E-state index is -1.70. The quantitative estimate of drug-likeness (QED) is 0.474. The monoisotopic (exact) mass is 364 g/mol. The number of hydrogen-bond donors (Lipinski definition) is 0. The largest absolute Gasteiger partial charge is 0.400 e. The Morgan fingerprint density at radius 1 is 0.720 bits per heavy atom. The van der Waals surface area contributed by atoms with E-state index in [4.69, 9.17) is 8.85 Å². The third kappa shape index (κ3) is 3.82. The second-order valence-electron chi connectivity index (χ2n) is 5.92. The van der Waals surface area contributed by atoms with Crippen molar-refractivity contribution in [1.29, 1.82) is 0 Å². The van der Waals surface area contributed by atoms with Crippen LogP contribution in [0.4, 0.5) is 0 Å². The summed E-state index contributed by atoms with van der Waals surface area (Å²) in [5.41, 5.74) is 2.79. The molecule has 0 spiro atoms. The topological polar surface area (TPSA) is 18.5 Å². The first-order chi connectivity index (χ1) is 12.3. The summed E-state index contributed by atoms with van der Waals surface area (Å²) < 4.78 is 12.8. The third-order valence-electron chi connectivity index (χ3n) is 4.29. The maximum atomic E-state index is 6.82. The van der Waals surface area contributed by atoms with Gasteiger partial charge in [-0.2, -0.15) is 0 Å². The van der Waals surface area contributed by atoms with Crippen LogP contribution in [-0.4, -0.2) is 25.2 Å². The molecule has 2 nitrogen and oxygen atoms in total. The van der Waals surface area contributed by atoms with Gasteiger partial charge in [0.2, 0.25) is 0 Å². The molecule has 0 radical (unpaired) electrons. The lowest BCUT2D eigenvalue weighted by molar-refractivity contribution is 0.114. The first kappa shape index (κ1) is 17.8. The van der Waals surface area contributed by atoms with Crippen molar-refractivity contribution in [3.05, 3.63) is 108 Å². The standard InChI is InChI=1S/C21H24O2Si2/c1-2-22-25(24)23-21(18-12-6-3-7-13-18,19-14-8-4-9-15-19)20-16-10-5-11-17-20/h3-17,25H,2H2,1,24H3. The second kappa shape index (κ2) is 8.40. The van der Waals surface area contributed by atoms with Gasteiger partial charge < -0.3 is 8.85 Å². The van der Waals surface area contributed by atoms with Gasteiger partial charge in [0.25, 0.3) is 8.80 Å². The van der Waals surface area contributed by atoms with Crippen LogP contribution in [-0.2, 0) is 14.5 Å². The van der Waals surface area contributed by atoms with Gasteiger partial charge >= 0.3 is 0 Å². The van der Waals surface area contributed by atoms with Crippen LogP contribution in [0.25, 0.3) is 0 Å². The molecule has 0 amide bonds. The van der Waals surface area contributed by atoms with Gasteiger partial charge in [0, 0.05) is 6.61 Å². The van der Waals surface area contributed by atoms with Crippen LogP contribution in [0.3, 0.4) is 0 Å². The molecule has 0 N–H and O–H groups in total. The fourth-order valence-electron chi connectivity index (χ4n) is 3.24. The highest BCUT2D eigenvalue weighted by molar-refractivity contribution is 6.95. The van der Waals surface area contributed by atoms with Gasteiger partial charge in [-0.25, -0.2) is 0 Å². The lowest BCUT2D eigenvalue weighted by Gasteiger charge is -2.38. The van der Waals surface area contributed by atoms with Crippen molar-refractivity contribution >= 4 is 18.6 Å². The van der Waals surface area contributed by atoms with Gasteiger partial charge in [-0.1, -0.05) is 91.0 Å². The molecule has 0 heterocycles. The van der Waals surface area contributed by atoms with Crippen molar-refractivity contribution in [3.63, 3.8) is 0 Å². The molecule has 3 rings (SSSR count). The Balaban J connectivity index is 2.24. The maximum Gasteiger partial charge on any atom is 0.290 e. The molecule has 3 aromatic carbocycles. The lowest BCUT2D eigenvalue weighted by atomic mass is 9.80. The maximum absolute atomic E-state index is 6.82. The lowest BCUT2D eigenvalue weighted by Crippen LogP contribution is -2.40. The van der Waals surface area contributed by atoms with Crippen LogP contribution in [0.15, 0.2) is 91.0 Å². The zero-order chi connectivity index (χ0) is 17.5. The molecule has 128 valence electrons. The van der Waals surface area contributed by atoms with Crippen LogP contribution in [0.1, 0.15) is 23.6 Å². The summed E-state index contributed by atoms with van der Waals surface area (Å²) in [7, 11) is -0.770. The molecule has 0 fully saturated rings. The molecule has 4 heteroatoms. The molecule has 1 unspecified atom stereocenters. The zero-order valence-corrected chi connectivity index (χ0v) is 17.9. The fourth-order valence-corrected chi connectivity index (χ4v) is 6.74. The summed E-state index contributed by atoms with van der Waals surface area (Å²) in [5, 5.41) is 0. The highest BCUT2D eigenvalue weighted by atomic mass is 29.2. The van der Waals surface area contributed by atoms with Gasteiger partial charge in [-0.3, -0.25) is 0 Å². The Bertz CT molecular complexity index is 667. The SMILES string of the molecule is CCO[SiH]([SiH3])OC(c1ccccc1)(c1ccccc1)c1ccccc1. The Morgan fingerprint density at radius 2 is 1.08 bits per heavy atom. The van der Waals surface area contributed by atoms with Crippen LogP contribution in [0.5, 0.6) is 0 Å². The second-order valence-corrected chi connectivity index (χ2v) is 10.5. The van der Waals surface area contributed by atoms with E-state index in [1.165, 1.54) is 0 Å². The molecule has 0 saturated heterocycles. The van der Waals surface area contributed by atoms with E-state index < -0.39 is 14.4 Å². The molecule has 0 aliphatic carbocycles. The Morgan fingerprint density at radius 3 is 1.40 bits per heavy atom. The zero-order valence-electron chi connectivity index (χ0n) is 14.8. The van der Waals surface area contributed by atoms with Gasteiger partial charge in [0.1, 0.15) is 5.60 Å². The van der Waals surface area contributed by atoms with E-state index in [1.54, 1.807) is 0 Å². The van der Waals surface area contributed by atoms with E-state index >= 15 is 0 Å². The van der Waals surface area contributed by atoms with Crippen molar-refractivity contribution in [3.8, 4) is 0 Å². The molecule has 0 aliphatic rings. The van der Waals surface area contributed by atoms with Gasteiger partial charge in [-0.15, -0.1) is 0 Å². The summed E-state index contributed by atoms with van der Waals surface area (Å²) in [6.07, 6.45) is 0. The van der Waals surface area contributed by atoms with E-state index in [9.17, 15) is 0 Å². The van der Waals surface area contributed by atoms with E-state index in [2.05, 4.69) is 72.8 Å². The number of benzene rings is 3. The number of hydrogen-bond acceptors (Lipinski definition) is 2. The van der Waals surface area contributed by atoms with Gasteiger partial charge in [0.15, 0.2) is 0 Å². The van der Waals surface area contributed by atoms with Crippen molar-refractivity contribution in [2.45, 2.75) is 12.5 Å². The average molecular weight is 365 g/mol. The summed E-state index contributed by atoms with van der Waals surface area (Å²) in [6.45, 7) is 2.74. The van der Waals surface area contributed by atoms with E-state index in [-0.39, 0.29) is 0 Å². The minimum absolute atomic E-state index is 0.627. The summed E-state index contributed by atoms with van der Waals surface area (Å²) in [6, 6.07) is 31.5. The van der Waals surface area contributed by atoms with Crippen LogP contribution in [0, 0.1) is 0 Å². The van der Waals surface area contributed by atoms with Crippen molar-refractivity contribution in [2.24, 2.45) is 0 Å². The summed E-state index contributed by atoms with van der Waals surface area (Å²) in [4.78, 5) is 0. The first-order valence-electron chi connectivity index (χ1n) is 8.73. The molecule has 0 aliphatic heterocycles. The molecule has 0 bridgehead atoms. The molecule has 25 heavy (non-hydrogen) atoms. The normalized spacial score (nSPS) is 12.8. The Kier molecular flexibility index (Phi) is 5.99. The summed E-state index contributed by atoms with van der Waals surface area (Å²) >= 11 is 0. The smallest absolute Gasteiger partial charge is 0.290 e. The van der Waals surface area contributed by atoms with Gasteiger partial charge in [-0.05, 0) is 23.6 Å². The summed E-state index contributed by atoms with van der Waals surface area (Å²) in [5.74, 6) is 0. The van der Waals surface area contributed by atoms with Crippen molar-refractivity contribution in [1.82, 2.24) is 0 Å². The van der Waals surface area contributed by atoms with Crippen LogP contribution >= 0.6 is 0 Å². The van der Waals surface area contributed by atoms with Crippen LogP contribution in [0.2, 0.25) is 0 Å². The van der Waals surface area contributed by atoms with Crippen molar-refractivity contribution in [2.75, 3.05) is 6.61 Å². The van der Waals surface area contributed by atoms with Crippen LogP contribution < -0.4 is 0 Å². The third-order valence-corrected chi connectivity index (χ3v) is 7.48.